The van der Waals surface area contributed by atoms with Crippen LogP contribution in [0.2, 0.25) is 0 Å². The summed E-state index contributed by atoms with van der Waals surface area (Å²) in [6.45, 7) is 2.76. The maximum absolute atomic E-state index is 12.9. The molecular formula is C21H17FN2S. The van der Waals surface area contributed by atoms with Crippen LogP contribution in [-0.2, 0) is 6.54 Å². The first kappa shape index (κ1) is 15.8. The van der Waals surface area contributed by atoms with Gasteiger partial charge in [-0.05, 0) is 66.6 Å². The van der Waals surface area contributed by atoms with Gasteiger partial charge in [0.2, 0.25) is 0 Å². The average molecular weight is 348 g/mol. The number of aryl methyl sites for hydroxylation is 1. The Bertz CT molecular complexity index is 1000. The minimum atomic E-state index is -0.209. The van der Waals surface area contributed by atoms with E-state index in [0.717, 1.165) is 27.3 Å². The van der Waals surface area contributed by atoms with Crippen LogP contribution in [0.1, 0.15) is 11.1 Å². The number of thiazole rings is 1. The van der Waals surface area contributed by atoms with Gasteiger partial charge in [-0.15, -0.1) is 11.3 Å². The van der Waals surface area contributed by atoms with Crippen LogP contribution in [0, 0.1) is 12.7 Å². The van der Waals surface area contributed by atoms with Crippen LogP contribution in [0.25, 0.3) is 20.8 Å². The van der Waals surface area contributed by atoms with Crippen LogP contribution in [0.5, 0.6) is 0 Å². The monoisotopic (exact) mass is 348 g/mol. The number of benzene rings is 3. The van der Waals surface area contributed by atoms with Crippen LogP contribution in [0.15, 0.2) is 66.7 Å². The van der Waals surface area contributed by atoms with E-state index in [1.807, 2.05) is 0 Å². The van der Waals surface area contributed by atoms with Crippen molar-refractivity contribution in [3.05, 3.63) is 83.7 Å². The SMILES string of the molecule is Cc1ccc2nc(-c3ccc(NCc4ccc(F)cc4)cc3)sc2c1. The number of hydrogen-bond donors (Lipinski definition) is 1. The molecule has 4 heteroatoms. The van der Waals surface area contributed by atoms with Gasteiger partial charge in [-0.3, -0.25) is 0 Å². The van der Waals surface area contributed by atoms with Gasteiger partial charge < -0.3 is 5.32 Å². The summed E-state index contributed by atoms with van der Waals surface area (Å²) in [5.74, 6) is -0.209. The third-order valence-electron chi connectivity index (χ3n) is 4.09. The van der Waals surface area contributed by atoms with E-state index in [2.05, 4.69) is 54.7 Å². The van der Waals surface area contributed by atoms with Crippen molar-refractivity contribution in [1.29, 1.82) is 0 Å². The van der Waals surface area contributed by atoms with Crippen molar-refractivity contribution in [2.75, 3.05) is 5.32 Å². The zero-order valence-electron chi connectivity index (χ0n) is 13.8. The molecule has 25 heavy (non-hydrogen) atoms. The first-order valence-corrected chi connectivity index (χ1v) is 8.95. The summed E-state index contributed by atoms with van der Waals surface area (Å²) in [6, 6.07) is 21.2. The lowest BCUT2D eigenvalue weighted by molar-refractivity contribution is 0.627. The summed E-state index contributed by atoms with van der Waals surface area (Å²) >= 11 is 1.71. The molecule has 0 aliphatic heterocycles. The standard InChI is InChI=1S/C21H17FN2S/c1-14-2-11-19-20(12-14)25-21(24-19)16-5-9-18(10-6-16)23-13-15-3-7-17(22)8-4-15/h2-12,23H,13H2,1H3. The second-order valence-corrected chi connectivity index (χ2v) is 7.08. The lowest BCUT2D eigenvalue weighted by Gasteiger charge is -2.07. The Morgan fingerprint density at radius 2 is 1.72 bits per heavy atom. The predicted molar refractivity (Wildman–Crippen MR) is 104 cm³/mol. The molecule has 124 valence electrons. The molecule has 0 radical (unpaired) electrons. The van der Waals surface area contributed by atoms with Crippen LogP contribution >= 0.6 is 11.3 Å². The largest absolute Gasteiger partial charge is 0.381 e. The molecule has 0 fully saturated rings. The molecular weight excluding hydrogens is 331 g/mol. The second-order valence-electron chi connectivity index (χ2n) is 6.05. The number of aromatic nitrogens is 1. The van der Waals surface area contributed by atoms with Gasteiger partial charge >= 0.3 is 0 Å². The summed E-state index contributed by atoms with van der Waals surface area (Å²) in [6.07, 6.45) is 0. The number of halogens is 1. The van der Waals surface area contributed by atoms with Gasteiger partial charge in [-0.1, -0.05) is 18.2 Å². The molecule has 4 aromatic rings. The molecule has 0 aliphatic carbocycles. The van der Waals surface area contributed by atoms with Gasteiger partial charge in [0.05, 0.1) is 10.2 Å². The summed E-state index contributed by atoms with van der Waals surface area (Å²) < 4.78 is 14.1. The first-order valence-electron chi connectivity index (χ1n) is 8.13. The van der Waals surface area contributed by atoms with Crippen molar-refractivity contribution in [3.8, 4) is 10.6 Å². The summed E-state index contributed by atoms with van der Waals surface area (Å²) in [5.41, 5.74) is 5.50. The maximum Gasteiger partial charge on any atom is 0.124 e. The third kappa shape index (κ3) is 3.54. The quantitative estimate of drug-likeness (QED) is 0.487. The number of anilines is 1. The maximum atomic E-state index is 12.9. The molecule has 0 saturated carbocycles. The Hall–Kier alpha value is -2.72. The van der Waals surface area contributed by atoms with E-state index in [0.29, 0.717) is 6.54 Å². The fourth-order valence-electron chi connectivity index (χ4n) is 2.69. The number of nitrogens with zero attached hydrogens (tertiary/aromatic N) is 1. The van der Waals surface area contributed by atoms with E-state index in [9.17, 15) is 4.39 Å². The zero-order chi connectivity index (χ0) is 17.2. The van der Waals surface area contributed by atoms with E-state index in [4.69, 9.17) is 4.98 Å². The lowest BCUT2D eigenvalue weighted by Crippen LogP contribution is -1.99. The van der Waals surface area contributed by atoms with Gasteiger partial charge in [-0.2, -0.15) is 0 Å². The molecule has 4 rings (SSSR count). The Labute approximate surface area is 150 Å². The van der Waals surface area contributed by atoms with Crippen molar-refractivity contribution < 1.29 is 4.39 Å². The fraction of sp³-hybridized carbons (Fsp3) is 0.0952. The predicted octanol–water partition coefficient (Wildman–Crippen LogP) is 6.02. The van der Waals surface area contributed by atoms with E-state index < -0.39 is 0 Å². The van der Waals surface area contributed by atoms with Crippen molar-refractivity contribution in [3.63, 3.8) is 0 Å². The highest BCUT2D eigenvalue weighted by molar-refractivity contribution is 7.21. The minimum Gasteiger partial charge on any atom is -0.381 e. The smallest absolute Gasteiger partial charge is 0.124 e. The van der Waals surface area contributed by atoms with Crippen molar-refractivity contribution >= 4 is 27.2 Å². The highest BCUT2D eigenvalue weighted by Crippen LogP contribution is 2.31. The molecule has 0 spiro atoms. The van der Waals surface area contributed by atoms with Crippen LogP contribution < -0.4 is 5.32 Å². The van der Waals surface area contributed by atoms with Gasteiger partial charge in [0.15, 0.2) is 0 Å². The van der Waals surface area contributed by atoms with Gasteiger partial charge in [-0.25, -0.2) is 9.37 Å². The third-order valence-corrected chi connectivity index (χ3v) is 5.15. The molecule has 0 bridgehead atoms. The zero-order valence-corrected chi connectivity index (χ0v) is 14.6. The van der Waals surface area contributed by atoms with E-state index >= 15 is 0 Å². The minimum absolute atomic E-state index is 0.209. The fourth-order valence-corrected chi connectivity index (χ4v) is 3.76. The molecule has 1 aromatic heterocycles. The van der Waals surface area contributed by atoms with E-state index in [1.165, 1.54) is 22.4 Å². The van der Waals surface area contributed by atoms with Crippen LogP contribution in [-0.4, -0.2) is 4.98 Å². The Morgan fingerprint density at radius 3 is 2.48 bits per heavy atom. The molecule has 0 saturated heterocycles. The Kier molecular flexibility index (Phi) is 4.20. The van der Waals surface area contributed by atoms with E-state index in [-0.39, 0.29) is 5.82 Å². The molecule has 0 amide bonds. The van der Waals surface area contributed by atoms with Crippen LogP contribution in [0.4, 0.5) is 10.1 Å². The molecule has 0 unspecified atom stereocenters. The Balaban J connectivity index is 1.49. The highest BCUT2D eigenvalue weighted by Gasteiger charge is 2.06. The molecule has 0 aliphatic rings. The van der Waals surface area contributed by atoms with Crippen molar-refractivity contribution in [1.82, 2.24) is 4.98 Å². The molecule has 1 heterocycles. The van der Waals surface area contributed by atoms with Gasteiger partial charge in [0.1, 0.15) is 10.8 Å². The average Bonchev–Trinajstić information content (AvgIpc) is 3.05. The molecule has 1 N–H and O–H groups in total. The lowest BCUT2D eigenvalue weighted by atomic mass is 10.2. The second kappa shape index (κ2) is 6.65. The van der Waals surface area contributed by atoms with Crippen LogP contribution in [0.3, 0.4) is 0 Å². The van der Waals surface area contributed by atoms with Crippen molar-refractivity contribution in [2.45, 2.75) is 13.5 Å². The number of fused-ring (bicyclic) bond motifs is 1. The normalized spacial score (nSPS) is 11.0. The summed E-state index contributed by atoms with van der Waals surface area (Å²) in [7, 11) is 0. The van der Waals surface area contributed by atoms with Gasteiger partial charge in [0.25, 0.3) is 0 Å². The molecule has 0 atom stereocenters. The number of nitrogens with one attached hydrogen (secondary N) is 1. The van der Waals surface area contributed by atoms with Crippen molar-refractivity contribution in [2.24, 2.45) is 0 Å². The van der Waals surface area contributed by atoms with E-state index in [1.54, 1.807) is 23.5 Å². The Morgan fingerprint density at radius 1 is 0.960 bits per heavy atom. The summed E-state index contributed by atoms with van der Waals surface area (Å²) in [5, 5.41) is 4.39. The number of hydrogen-bond acceptors (Lipinski definition) is 3. The highest BCUT2D eigenvalue weighted by atomic mass is 32.1. The number of rotatable bonds is 4. The topological polar surface area (TPSA) is 24.9 Å². The first-order chi connectivity index (χ1) is 12.2. The molecule has 3 aromatic carbocycles. The summed E-state index contributed by atoms with van der Waals surface area (Å²) in [4.78, 5) is 4.72. The molecule has 2 nitrogen and oxygen atoms in total. The van der Waals surface area contributed by atoms with Gasteiger partial charge in [0, 0.05) is 17.8 Å².